The van der Waals surface area contributed by atoms with Gasteiger partial charge in [-0.15, -0.1) is 0 Å². The third-order valence-electron chi connectivity index (χ3n) is 5.42. The fraction of sp³-hybridized carbons (Fsp3) is 0.231. The molecule has 0 atom stereocenters. The van der Waals surface area contributed by atoms with Crippen LogP contribution in [-0.4, -0.2) is 30.5 Å². The number of hydrogen-bond acceptors (Lipinski definition) is 2. The van der Waals surface area contributed by atoms with Crippen molar-refractivity contribution in [2.24, 2.45) is 0 Å². The number of ether oxygens (including phenoxy) is 1. The van der Waals surface area contributed by atoms with Crippen molar-refractivity contribution in [3.05, 3.63) is 90.1 Å². The maximum absolute atomic E-state index is 13.1. The van der Waals surface area contributed by atoms with Crippen LogP contribution in [0, 0.1) is 0 Å². The Hall–Kier alpha value is -3.32. The number of benzene rings is 3. The summed E-state index contributed by atoms with van der Waals surface area (Å²) in [6, 6.07) is 23.0. The molecule has 172 valence electrons. The van der Waals surface area contributed by atoms with Gasteiger partial charge in [0.15, 0.2) is 6.61 Å². The Labute approximate surface area is 189 Å². The Morgan fingerprint density at radius 3 is 2.52 bits per heavy atom. The second kappa shape index (κ2) is 10.1. The highest BCUT2D eigenvalue weighted by atomic mass is 19.3. The molecule has 0 saturated heterocycles. The topological polar surface area (TPSA) is 37.0 Å². The first-order valence-corrected chi connectivity index (χ1v) is 10.7. The summed E-state index contributed by atoms with van der Waals surface area (Å²) >= 11 is 0. The third-order valence-corrected chi connectivity index (χ3v) is 5.42. The minimum atomic E-state index is -4.17. The Morgan fingerprint density at radius 1 is 0.939 bits per heavy atom. The van der Waals surface area contributed by atoms with Gasteiger partial charge < -0.3 is 15.0 Å². The monoisotopic (exact) mass is 456 g/mol. The molecule has 0 aliphatic heterocycles. The number of rotatable bonds is 10. The number of aromatic nitrogens is 1. The van der Waals surface area contributed by atoms with Crippen LogP contribution in [0.3, 0.4) is 0 Å². The smallest absolute Gasteiger partial charge is 0.340 e. The number of aromatic amines is 1. The maximum Gasteiger partial charge on any atom is 0.340 e. The van der Waals surface area contributed by atoms with E-state index in [1.807, 2.05) is 36.5 Å². The third kappa shape index (κ3) is 5.54. The minimum Gasteiger partial charge on any atom is -0.487 e. The van der Waals surface area contributed by atoms with Crippen LogP contribution in [0.5, 0.6) is 5.75 Å². The fourth-order valence-corrected chi connectivity index (χ4v) is 3.75. The first-order chi connectivity index (χ1) is 15.9. The van der Waals surface area contributed by atoms with Crippen molar-refractivity contribution in [1.82, 2.24) is 10.3 Å². The van der Waals surface area contributed by atoms with Crippen LogP contribution in [-0.2, 0) is 13.0 Å². The summed E-state index contributed by atoms with van der Waals surface area (Å²) in [5.41, 5.74) is 5.43. The Bertz CT molecular complexity index is 1190. The van der Waals surface area contributed by atoms with Crippen LogP contribution in [0.2, 0.25) is 0 Å². The van der Waals surface area contributed by atoms with Gasteiger partial charge in [-0.3, -0.25) is 0 Å². The second-order valence-corrected chi connectivity index (χ2v) is 7.83. The molecule has 0 radical (unpaired) electrons. The van der Waals surface area contributed by atoms with E-state index in [0.29, 0.717) is 13.1 Å². The van der Waals surface area contributed by atoms with Gasteiger partial charge in [-0.1, -0.05) is 54.6 Å². The first kappa shape index (κ1) is 22.9. The van der Waals surface area contributed by atoms with E-state index in [4.69, 9.17) is 4.74 Å². The van der Waals surface area contributed by atoms with Crippen LogP contribution in [0.25, 0.3) is 22.0 Å². The molecular weight excluding hydrogens is 432 g/mol. The lowest BCUT2D eigenvalue weighted by Crippen LogP contribution is -2.33. The van der Waals surface area contributed by atoms with Crippen molar-refractivity contribution in [3.8, 4) is 16.9 Å². The van der Waals surface area contributed by atoms with Gasteiger partial charge in [0.2, 0.25) is 0 Å². The van der Waals surface area contributed by atoms with Crippen LogP contribution in [0.15, 0.2) is 79.0 Å². The lowest BCUT2D eigenvalue weighted by Gasteiger charge is -2.16. The molecule has 0 aliphatic rings. The molecule has 1 heterocycles. The molecule has 0 aliphatic carbocycles. The summed E-state index contributed by atoms with van der Waals surface area (Å²) in [4.78, 5) is 3.34. The summed E-state index contributed by atoms with van der Waals surface area (Å²) in [6.07, 6.45) is -0.939. The van der Waals surface area contributed by atoms with Crippen molar-refractivity contribution in [2.45, 2.75) is 25.3 Å². The summed E-state index contributed by atoms with van der Waals surface area (Å²) in [5.74, 6) is -4.04. The standard InChI is InChI=1S/C26H24F4N2O/c27-25(28)26(29,30)17-33-21-9-4-6-18(14-21)15-31-13-12-20-16-32-23-11-5-10-22(24(20)23)19-7-2-1-3-8-19/h1-11,14,16,25,31-32H,12-13,15,17H2. The van der Waals surface area contributed by atoms with Gasteiger partial charge in [-0.2, -0.15) is 8.78 Å². The Balaban J connectivity index is 1.36. The predicted molar refractivity (Wildman–Crippen MR) is 122 cm³/mol. The van der Waals surface area contributed by atoms with Crippen molar-refractivity contribution in [3.63, 3.8) is 0 Å². The quantitative estimate of drug-likeness (QED) is 0.213. The highest BCUT2D eigenvalue weighted by Crippen LogP contribution is 2.31. The van der Waals surface area contributed by atoms with E-state index >= 15 is 0 Å². The zero-order chi connectivity index (χ0) is 23.3. The molecule has 1 aromatic heterocycles. The molecule has 0 unspecified atom stereocenters. The summed E-state index contributed by atoms with van der Waals surface area (Å²) in [6.45, 7) is -0.160. The van der Waals surface area contributed by atoms with Gasteiger partial charge >= 0.3 is 12.3 Å². The zero-order valence-electron chi connectivity index (χ0n) is 17.8. The first-order valence-electron chi connectivity index (χ1n) is 10.7. The molecule has 3 aromatic carbocycles. The van der Waals surface area contributed by atoms with E-state index in [9.17, 15) is 17.6 Å². The highest BCUT2D eigenvalue weighted by Gasteiger charge is 2.41. The summed E-state index contributed by atoms with van der Waals surface area (Å²) in [7, 11) is 0. The molecule has 0 amide bonds. The van der Waals surface area contributed by atoms with Gasteiger partial charge in [-0.05, 0) is 53.4 Å². The molecular formula is C26H24F4N2O. The molecule has 0 bridgehead atoms. The SMILES string of the molecule is FC(F)C(F)(F)COc1cccc(CNCCc2c[nH]c3cccc(-c4ccccc4)c23)c1. The van der Waals surface area contributed by atoms with E-state index in [-0.39, 0.29) is 5.75 Å². The number of fused-ring (bicyclic) bond motifs is 1. The summed E-state index contributed by atoms with van der Waals surface area (Å²) in [5, 5.41) is 4.54. The molecule has 7 heteroatoms. The van der Waals surface area contributed by atoms with Crippen LogP contribution >= 0.6 is 0 Å². The van der Waals surface area contributed by atoms with E-state index in [0.717, 1.165) is 23.1 Å². The van der Waals surface area contributed by atoms with Crippen molar-refractivity contribution in [1.29, 1.82) is 0 Å². The van der Waals surface area contributed by atoms with Gasteiger partial charge in [-0.25, -0.2) is 8.78 Å². The highest BCUT2D eigenvalue weighted by molar-refractivity contribution is 5.97. The van der Waals surface area contributed by atoms with Gasteiger partial charge in [0.05, 0.1) is 0 Å². The van der Waals surface area contributed by atoms with E-state index in [1.165, 1.54) is 22.6 Å². The number of alkyl halides is 4. The van der Waals surface area contributed by atoms with Crippen molar-refractivity contribution < 1.29 is 22.3 Å². The summed E-state index contributed by atoms with van der Waals surface area (Å²) < 4.78 is 55.6. The zero-order valence-corrected chi connectivity index (χ0v) is 17.8. The van der Waals surface area contributed by atoms with E-state index < -0.39 is 19.0 Å². The molecule has 33 heavy (non-hydrogen) atoms. The molecule has 0 fully saturated rings. The lowest BCUT2D eigenvalue weighted by atomic mass is 9.98. The van der Waals surface area contributed by atoms with E-state index in [2.05, 4.69) is 34.6 Å². The van der Waals surface area contributed by atoms with Gasteiger partial charge in [0.1, 0.15) is 5.75 Å². The fourth-order valence-electron chi connectivity index (χ4n) is 3.75. The Morgan fingerprint density at radius 2 is 1.73 bits per heavy atom. The Kier molecular flexibility index (Phi) is 6.99. The maximum atomic E-state index is 13.1. The lowest BCUT2D eigenvalue weighted by molar-refractivity contribution is -0.148. The van der Waals surface area contributed by atoms with Crippen LogP contribution in [0.4, 0.5) is 17.6 Å². The molecule has 4 rings (SSSR count). The normalized spacial score (nSPS) is 11.9. The average Bonchev–Trinajstić information content (AvgIpc) is 3.25. The average molecular weight is 456 g/mol. The number of hydrogen-bond donors (Lipinski definition) is 2. The number of H-pyrrole nitrogens is 1. The van der Waals surface area contributed by atoms with Gasteiger partial charge in [0.25, 0.3) is 0 Å². The molecule has 2 N–H and O–H groups in total. The molecule has 3 nitrogen and oxygen atoms in total. The largest absolute Gasteiger partial charge is 0.487 e. The second-order valence-electron chi connectivity index (χ2n) is 7.83. The van der Waals surface area contributed by atoms with Crippen LogP contribution < -0.4 is 10.1 Å². The number of nitrogens with one attached hydrogen (secondary N) is 2. The number of halogens is 4. The van der Waals surface area contributed by atoms with Crippen molar-refractivity contribution >= 4 is 10.9 Å². The van der Waals surface area contributed by atoms with Crippen molar-refractivity contribution in [2.75, 3.05) is 13.2 Å². The minimum absolute atomic E-state index is 0.138. The van der Waals surface area contributed by atoms with E-state index in [1.54, 1.807) is 12.1 Å². The predicted octanol–water partition coefficient (Wildman–Crippen LogP) is 6.45. The van der Waals surface area contributed by atoms with Gasteiger partial charge in [0, 0.05) is 23.6 Å². The molecule has 4 aromatic rings. The molecule has 0 saturated carbocycles. The van der Waals surface area contributed by atoms with Crippen LogP contribution in [0.1, 0.15) is 11.1 Å². The molecule has 0 spiro atoms.